The van der Waals surface area contributed by atoms with E-state index in [1.54, 1.807) is 30.3 Å². The lowest BCUT2D eigenvalue weighted by Crippen LogP contribution is -3.00. The lowest BCUT2D eigenvalue weighted by Gasteiger charge is -2.07. The van der Waals surface area contributed by atoms with E-state index in [1.165, 1.54) is 12.1 Å². The van der Waals surface area contributed by atoms with Crippen LogP contribution in [0, 0.1) is 11.2 Å². The fourth-order valence-electron chi connectivity index (χ4n) is 1.39. The lowest BCUT2D eigenvalue weighted by molar-refractivity contribution is -0.00000486. The number of amidine groups is 1. The largest absolute Gasteiger partial charge is 1.00 e. The zero-order valence-corrected chi connectivity index (χ0v) is 11.2. The van der Waals surface area contributed by atoms with Crippen LogP contribution in [0.5, 0.6) is 11.5 Å². The van der Waals surface area contributed by atoms with Gasteiger partial charge in [0.2, 0.25) is 0 Å². The van der Waals surface area contributed by atoms with E-state index >= 15 is 0 Å². The van der Waals surface area contributed by atoms with Crippen molar-refractivity contribution in [3.05, 3.63) is 58.9 Å². The fourth-order valence-corrected chi connectivity index (χ4v) is 1.55. The molecule has 2 rings (SSSR count). The number of nitrogen functional groups attached to an aromatic ring is 1. The summed E-state index contributed by atoms with van der Waals surface area (Å²) in [7, 11) is 0. The molecular formula is C13H11Cl2FN2O. The molecule has 0 aromatic heterocycles. The maximum absolute atomic E-state index is 13.5. The van der Waals surface area contributed by atoms with Gasteiger partial charge in [0.05, 0.1) is 0 Å². The topological polar surface area (TPSA) is 59.1 Å². The molecular weight excluding hydrogens is 290 g/mol. The van der Waals surface area contributed by atoms with Gasteiger partial charge in [0.1, 0.15) is 11.6 Å². The van der Waals surface area contributed by atoms with E-state index in [0.29, 0.717) is 16.3 Å². The van der Waals surface area contributed by atoms with E-state index < -0.39 is 5.82 Å². The standard InChI is InChI=1S/C13H10ClFN2O.ClH/c14-9-3-6-12(11(15)7-9)18-10-4-1-8(2-5-10)13(16)17;/h1-7H,(H3,16,17);1H. The zero-order chi connectivity index (χ0) is 13.1. The molecule has 0 atom stereocenters. The van der Waals surface area contributed by atoms with E-state index in [-0.39, 0.29) is 25.4 Å². The quantitative estimate of drug-likeness (QED) is 0.647. The van der Waals surface area contributed by atoms with Crippen LogP contribution in [0.25, 0.3) is 0 Å². The Morgan fingerprint density at radius 3 is 2.37 bits per heavy atom. The molecule has 100 valence electrons. The molecule has 0 aliphatic carbocycles. The third-order valence-electron chi connectivity index (χ3n) is 2.29. The minimum absolute atomic E-state index is 0. The van der Waals surface area contributed by atoms with Gasteiger partial charge in [-0.25, -0.2) is 4.39 Å². The Bertz CT molecular complexity index is 593. The van der Waals surface area contributed by atoms with Crippen LogP contribution in [0.1, 0.15) is 6.99 Å². The predicted octanol–water partition coefficient (Wildman–Crippen LogP) is 0.672. The molecule has 3 nitrogen and oxygen atoms in total. The van der Waals surface area contributed by atoms with Gasteiger partial charge in [-0.05, 0) is 42.5 Å². The van der Waals surface area contributed by atoms with E-state index in [2.05, 4.69) is 0 Å². The smallest absolute Gasteiger partial charge is 1.00 e. The van der Waals surface area contributed by atoms with Crippen LogP contribution in [0.4, 0.5) is 4.39 Å². The number of hydrogen-bond donors (Lipinski definition) is 2. The molecule has 0 aliphatic heterocycles. The van der Waals surface area contributed by atoms with E-state index in [1.807, 2.05) is 0 Å². The zero-order valence-electron chi connectivity index (χ0n) is 10.7. The third-order valence-corrected chi connectivity index (χ3v) is 2.52. The van der Waals surface area contributed by atoms with Crippen molar-refractivity contribution in [1.82, 2.24) is 0 Å². The van der Waals surface area contributed by atoms with Crippen molar-refractivity contribution in [2.75, 3.05) is 0 Å². The molecule has 2 aromatic carbocycles. The van der Waals surface area contributed by atoms with Crippen molar-refractivity contribution < 1.29 is 23.0 Å². The van der Waals surface area contributed by atoms with Gasteiger partial charge in [-0.2, -0.15) is 0 Å². The molecule has 6 heteroatoms. The Kier molecular flexibility index (Phi) is 5.15. The molecule has 0 saturated heterocycles. The van der Waals surface area contributed by atoms with Crippen LogP contribution in [-0.4, -0.2) is 5.84 Å². The second-order valence-electron chi connectivity index (χ2n) is 3.61. The molecule has 0 bridgehead atoms. The molecule has 0 unspecified atom stereocenters. The van der Waals surface area contributed by atoms with Crippen molar-refractivity contribution in [2.45, 2.75) is 0 Å². The first-order chi connectivity index (χ1) is 8.56. The van der Waals surface area contributed by atoms with Gasteiger partial charge in [-0.15, -0.1) is 0 Å². The van der Waals surface area contributed by atoms with Crippen molar-refractivity contribution >= 4 is 17.4 Å². The normalized spacial score (nSPS) is 9.58. The van der Waals surface area contributed by atoms with Gasteiger partial charge >= 0.3 is 1.43 Å². The monoisotopic (exact) mass is 300 g/mol. The number of nitrogens with two attached hydrogens (primary N) is 1. The number of rotatable bonds is 3. The maximum Gasteiger partial charge on any atom is 1.00 e. The molecule has 19 heavy (non-hydrogen) atoms. The first-order valence-corrected chi connectivity index (χ1v) is 5.51. The SMILES string of the molecule is N=C(N)c1ccc(Oc2ccc(Cl)cc2F)cc1.[Cl-].[H+]. The molecule has 0 amide bonds. The number of benzene rings is 2. The third kappa shape index (κ3) is 3.84. The first-order valence-electron chi connectivity index (χ1n) is 5.13. The highest BCUT2D eigenvalue weighted by Crippen LogP contribution is 2.26. The van der Waals surface area contributed by atoms with Crippen LogP contribution in [0.15, 0.2) is 42.5 Å². The van der Waals surface area contributed by atoms with Gasteiger partial charge in [0.25, 0.3) is 0 Å². The Labute approximate surface area is 122 Å². The van der Waals surface area contributed by atoms with Crippen LogP contribution in [-0.2, 0) is 0 Å². The number of halogens is 3. The van der Waals surface area contributed by atoms with Crippen LogP contribution in [0.3, 0.4) is 0 Å². The molecule has 0 spiro atoms. The number of ether oxygens (including phenoxy) is 1. The van der Waals surface area contributed by atoms with Crippen molar-refractivity contribution in [2.24, 2.45) is 5.73 Å². The van der Waals surface area contributed by atoms with Gasteiger partial charge in [-0.3, -0.25) is 5.41 Å². The van der Waals surface area contributed by atoms with E-state index in [9.17, 15) is 4.39 Å². The van der Waals surface area contributed by atoms with Gasteiger partial charge in [-0.1, -0.05) is 11.6 Å². The molecule has 0 saturated carbocycles. The average molecular weight is 301 g/mol. The predicted molar refractivity (Wildman–Crippen MR) is 70.1 cm³/mol. The lowest BCUT2D eigenvalue weighted by atomic mass is 10.2. The molecule has 3 N–H and O–H groups in total. The van der Waals surface area contributed by atoms with Crippen molar-refractivity contribution in [1.29, 1.82) is 5.41 Å². The molecule has 2 aromatic rings. The molecule has 0 heterocycles. The number of nitrogens with one attached hydrogen (secondary N) is 1. The summed E-state index contributed by atoms with van der Waals surface area (Å²) in [6.45, 7) is 0. The fraction of sp³-hybridized carbons (Fsp3) is 0. The number of hydrogen-bond acceptors (Lipinski definition) is 2. The minimum atomic E-state index is -0.529. The highest BCUT2D eigenvalue weighted by atomic mass is 35.5. The van der Waals surface area contributed by atoms with Crippen LogP contribution >= 0.6 is 11.6 Å². The summed E-state index contributed by atoms with van der Waals surface area (Å²) in [5, 5.41) is 7.56. The average Bonchev–Trinajstić information content (AvgIpc) is 2.33. The summed E-state index contributed by atoms with van der Waals surface area (Å²) in [5.74, 6) is -0.00596. The van der Waals surface area contributed by atoms with E-state index in [0.717, 1.165) is 0 Å². The Morgan fingerprint density at radius 2 is 1.84 bits per heavy atom. The summed E-state index contributed by atoms with van der Waals surface area (Å²) in [4.78, 5) is 0. The summed E-state index contributed by atoms with van der Waals surface area (Å²) in [6.07, 6.45) is 0. The van der Waals surface area contributed by atoms with Gasteiger partial charge < -0.3 is 22.9 Å². The van der Waals surface area contributed by atoms with Gasteiger partial charge in [0.15, 0.2) is 11.6 Å². The summed E-state index contributed by atoms with van der Waals surface area (Å²) in [5.41, 5.74) is 5.91. The summed E-state index contributed by atoms with van der Waals surface area (Å²) >= 11 is 5.64. The second-order valence-corrected chi connectivity index (χ2v) is 4.05. The highest BCUT2D eigenvalue weighted by molar-refractivity contribution is 6.30. The molecule has 0 aliphatic rings. The first kappa shape index (κ1) is 15.3. The molecule has 0 fully saturated rings. The Balaban J connectivity index is 0.00000180. The van der Waals surface area contributed by atoms with Crippen LogP contribution in [0.2, 0.25) is 5.02 Å². The second kappa shape index (κ2) is 6.41. The highest BCUT2D eigenvalue weighted by Gasteiger charge is 2.05. The van der Waals surface area contributed by atoms with E-state index in [4.69, 9.17) is 27.5 Å². The Hall–Kier alpha value is -1.78. The van der Waals surface area contributed by atoms with Crippen molar-refractivity contribution in [3.8, 4) is 11.5 Å². The van der Waals surface area contributed by atoms with Gasteiger partial charge in [0, 0.05) is 10.6 Å². The summed E-state index contributed by atoms with van der Waals surface area (Å²) in [6, 6.07) is 10.7. The maximum atomic E-state index is 13.5. The Morgan fingerprint density at radius 1 is 1.21 bits per heavy atom. The minimum Gasteiger partial charge on any atom is -1.00 e. The summed E-state index contributed by atoms with van der Waals surface area (Å²) < 4.78 is 18.8. The molecule has 0 radical (unpaired) electrons. The van der Waals surface area contributed by atoms with Crippen LogP contribution < -0.4 is 22.9 Å². The van der Waals surface area contributed by atoms with Crippen molar-refractivity contribution in [3.63, 3.8) is 0 Å².